The van der Waals surface area contributed by atoms with Crippen molar-refractivity contribution >= 4 is 28.8 Å². The molecule has 1 aromatic heterocycles. The van der Waals surface area contributed by atoms with Crippen LogP contribution in [-0.4, -0.2) is 43.4 Å². The second-order valence-electron chi connectivity index (χ2n) is 6.96. The molecule has 1 aliphatic heterocycles. The molecule has 138 valence electrons. The Labute approximate surface area is 158 Å². The minimum absolute atomic E-state index is 0.0162. The van der Waals surface area contributed by atoms with E-state index in [4.69, 9.17) is 0 Å². The van der Waals surface area contributed by atoms with Crippen LogP contribution < -0.4 is 10.2 Å². The van der Waals surface area contributed by atoms with Crippen LogP contribution in [0.5, 0.6) is 0 Å². The third-order valence-electron chi connectivity index (χ3n) is 4.89. The number of amides is 2. The van der Waals surface area contributed by atoms with Gasteiger partial charge in [0.25, 0.3) is 5.91 Å². The number of hydrogen-bond acceptors (Lipinski definition) is 3. The quantitative estimate of drug-likeness (QED) is 0.813. The van der Waals surface area contributed by atoms with Gasteiger partial charge in [-0.15, -0.1) is 11.3 Å². The smallest absolute Gasteiger partial charge is 0.277 e. The molecule has 0 saturated carbocycles. The van der Waals surface area contributed by atoms with Crippen molar-refractivity contribution in [3.8, 4) is 0 Å². The van der Waals surface area contributed by atoms with E-state index >= 15 is 0 Å². The van der Waals surface area contributed by atoms with Crippen LogP contribution in [-0.2, 0) is 9.59 Å². The standard InChI is InChI=1S/C20H25N3O2S/c1-15-7-9-16(10-8-15)21-19(24)13-22(2)20(25)14-23-11-3-5-17(23)18-6-4-12-26-18/h4,6-10,12,17H,3,5,11,13-14H2,1-2H3,(H,21,24)/p+1/t17-/m0/s1. The van der Waals surface area contributed by atoms with Crippen LogP contribution in [0.25, 0.3) is 0 Å². The van der Waals surface area contributed by atoms with Gasteiger partial charge in [0, 0.05) is 25.6 Å². The van der Waals surface area contributed by atoms with Gasteiger partial charge >= 0.3 is 0 Å². The summed E-state index contributed by atoms with van der Waals surface area (Å²) in [5.74, 6) is -0.154. The lowest BCUT2D eigenvalue weighted by Gasteiger charge is -2.23. The molecule has 1 aliphatic rings. The zero-order valence-corrected chi connectivity index (χ0v) is 16.1. The number of nitrogens with zero attached hydrogens (tertiary/aromatic N) is 1. The van der Waals surface area contributed by atoms with Crippen molar-refractivity contribution in [2.24, 2.45) is 0 Å². The van der Waals surface area contributed by atoms with Crippen LogP contribution in [0, 0.1) is 6.92 Å². The number of aryl methyl sites for hydroxylation is 1. The predicted octanol–water partition coefficient (Wildman–Crippen LogP) is 1.87. The Kier molecular flexibility index (Phi) is 6.06. The first kappa shape index (κ1) is 18.6. The normalized spacial score (nSPS) is 19.3. The van der Waals surface area contributed by atoms with Gasteiger partial charge < -0.3 is 15.1 Å². The van der Waals surface area contributed by atoms with Gasteiger partial charge in [-0.1, -0.05) is 23.8 Å². The van der Waals surface area contributed by atoms with Crippen LogP contribution in [0.3, 0.4) is 0 Å². The summed E-state index contributed by atoms with van der Waals surface area (Å²) in [6.07, 6.45) is 2.27. The number of nitrogens with one attached hydrogen (secondary N) is 2. The summed E-state index contributed by atoms with van der Waals surface area (Å²) in [4.78, 5) is 29.0. The molecule has 0 radical (unpaired) electrons. The monoisotopic (exact) mass is 372 g/mol. The minimum atomic E-state index is -0.170. The maximum absolute atomic E-state index is 12.6. The van der Waals surface area contributed by atoms with Gasteiger partial charge in [-0.25, -0.2) is 0 Å². The van der Waals surface area contributed by atoms with E-state index in [9.17, 15) is 9.59 Å². The predicted molar refractivity (Wildman–Crippen MR) is 104 cm³/mol. The number of rotatable bonds is 6. The second kappa shape index (κ2) is 8.47. The fourth-order valence-electron chi connectivity index (χ4n) is 3.43. The van der Waals surface area contributed by atoms with Crippen molar-refractivity contribution in [3.05, 3.63) is 52.2 Å². The van der Waals surface area contributed by atoms with Crippen molar-refractivity contribution in [1.82, 2.24) is 4.90 Å². The number of likely N-dealkylation sites (tertiary alicyclic amines) is 1. The van der Waals surface area contributed by atoms with Crippen molar-refractivity contribution in [1.29, 1.82) is 0 Å². The van der Waals surface area contributed by atoms with Crippen LogP contribution >= 0.6 is 11.3 Å². The Hall–Kier alpha value is -2.18. The van der Waals surface area contributed by atoms with Gasteiger partial charge in [0.15, 0.2) is 6.54 Å². The van der Waals surface area contributed by atoms with Crippen molar-refractivity contribution in [2.45, 2.75) is 25.8 Å². The fraction of sp³-hybridized carbons (Fsp3) is 0.400. The average molecular weight is 373 g/mol. The molecule has 2 amide bonds. The van der Waals surface area contributed by atoms with Gasteiger partial charge in [0.2, 0.25) is 5.91 Å². The van der Waals surface area contributed by atoms with E-state index in [-0.39, 0.29) is 18.4 Å². The minimum Gasteiger partial charge on any atom is -0.332 e. The van der Waals surface area contributed by atoms with E-state index in [1.165, 1.54) is 14.7 Å². The average Bonchev–Trinajstić information content (AvgIpc) is 3.28. The zero-order valence-electron chi connectivity index (χ0n) is 15.3. The number of hydrogen-bond donors (Lipinski definition) is 2. The molecule has 1 fully saturated rings. The summed E-state index contributed by atoms with van der Waals surface area (Å²) in [5, 5.41) is 4.93. The maximum atomic E-state index is 12.6. The first-order valence-electron chi connectivity index (χ1n) is 9.01. The third kappa shape index (κ3) is 4.71. The highest BCUT2D eigenvalue weighted by Crippen LogP contribution is 2.23. The summed E-state index contributed by atoms with van der Waals surface area (Å²) in [6, 6.07) is 12.3. The summed E-state index contributed by atoms with van der Waals surface area (Å²) in [5.41, 5.74) is 1.90. The molecule has 2 aromatic rings. The van der Waals surface area contributed by atoms with E-state index in [1.807, 2.05) is 31.2 Å². The Bertz CT molecular complexity index is 743. The Morgan fingerprint density at radius 2 is 2.04 bits per heavy atom. The molecule has 26 heavy (non-hydrogen) atoms. The van der Waals surface area contributed by atoms with E-state index in [0.717, 1.165) is 30.6 Å². The third-order valence-corrected chi connectivity index (χ3v) is 5.88. The molecule has 6 heteroatoms. The van der Waals surface area contributed by atoms with Crippen LogP contribution in [0.4, 0.5) is 5.69 Å². The molecule has 3 rings (SSSR count). The van der Waals surface area contributed by atoms with Gasteiger partial charge in [-0.05, 0) is 30.5 Å². The first-order valence-corrected chi connectivity index (χ1v) is 9.89. The molecule has 1 saturated heterocycles. The number of likely N-dealkylation sites (N-methyl/N-ethyl adjacent to an activating group) is 1. The largest absolute Gasteiger partial charge is 0.332 e. The summed E-state index contributed by atoms with van der Waals surface area (Å²) in [7, 11) is 1.70. The molecule has 0 aliphatic carbocycles. The Morgan fingerprint density at radius 3 is 2.73 bits per heavy atom. The van der Waals surface area contributed by atoms with Crippen LogP contribution in [0.2, 0.25) is 0 Å². The molecule has 5 nitrogen and oxygen atoms in total. The lowest BCUT2D eigenvalue weighted by Crippen LogP contribution is -3.11. The van der Waals surface area contributed by atoms with Crippen LogP contribution in [0.1, 0.15) is 29.3 Å². The SMILES string of the molecule is Cc1ccc(NC(=O)CN(C)C(=O)C[NH+]2CCC[C@H]2c2cccs2)cc1. The van der Waals surface area contributed by atoms with Crippen molar-refractivity contribution in [3.63, 3.8) is 0 Å². The Balaban J connectivity index is 1.51. The number of benzene rings is 1. The molecular formula is C20H26N3O2S+. The molecule has 0 spiro atoms. The molecule has 1 unspecified atom stereocenters. The van der Waals surface area contributed by atoms with Gasteiger partial charge in [-0.3, -0.25) is 9.59 Å². The van der Waals surface area contributed by atoms with Gasteiger partial charge in [-0.2, -0.15) is 0 Å². The maximum Gasteiger partial charge on any atom is 0.277 e. The molecule has 0 bridgehead atoms. The number of carbonyl (C=O) groups is 2. The van der Waals surface area contributed by atoms with Crippen LogP contribution in [0.15, 0.2) is 41.8 Å². The molecule has 2 atom stereocenters. The summed E-state index contributed by atoms with van der Waals surface area (Å²) < 4.78 is 0. The van der Waals surface area contributed by atoms with Crippen molar-refractivity contribution in [2.75, 3.05) is 32.0 Å². The van der Waals surface area contributed by atoms with E-state index < -0.39 is 0 Å². The van der Waals surface area contributed by atoms with Gasteiger partial charge in [0.1, 0.15) is 6.04 Å². The highest BCUT2D eigenvalue weighted by atomic mass is 32.1. The summed E-state index contributed by atoms with van der Waals surface area (Å²) in [6.45, 7) is 3.53. The number of thiophene rings is 1. The fourth-order valence-corrected chi connectivity index (χ4v) is 4.35. The lowest BCUT2D eigenvalue weighted by molar-refractivity contribution is -0.910. The number of carbonyl (C=O) groups excluding carboxylic acids is 2. The highest BCUT2D eigenvalue weighted by molar-refractivity contribution is 7.10. The number of anilines is 1. The number of quaternary nitrogens is 1. The second-order valence-corrected chi connectivity index (χ2v) is 7.94. The zero-order chi connectivity index (χ0) is 18.5. The summed E-state index contributed by atoms with van der Waals surface area (Å²) >= 11 is 1.76. The van der Waals surface area contributed by atoms with E-state index in [2.05, 4.69) is 22.8 Å². The molecular weight excluding hydrogens is 346 g/mol. The van der Waals surface area contributed by atoms with E-state index in [1.54, 1.807) is 18.4 Å². The molecule has 1 aromatic carbocycles. The Morgan fingerprint density at radius 1 is 1.27 bits per heavy atom. The van der Waals surface area contributed by atoms with Crippen molar-refractivity contribution < 1.29 is 14.5 Å². The topological polar surface area (TPSA) is 53.9 Å². The van der Waals surface area contributed by atoms with Gasteiger partial charge in [0.05, 0.1) is 18.0 Å². The lowest BCUT2D eigenvalue weighted by atomic mass is 10.2. The van der Waals surface area contributed by atoms with E-state index in [0.29, 0.717) is 12.6 Å². The molecule has 2 N–H and O–H groups in total. The molecule has 2 heterocycles. The first-order chi connectivity index (χ1) is 12.5. The highest BCUT2D eigenvalue weighted by Gasteiger charge is 2.33.